The largest absolute Gasteiger partial charge is 0.497 e. The van der Waals surface area contributed by atoms with Crippen molar-refractivity contribution in [1.82, 2.24) is 15.2 Å². The average Bonchev–Trinajstić information content (AvgIpc) is 2.65. The number of hydrogen-bond donors (Lipinski definition) is 2. The Morgan fingerprint density at radius 2 is 1.77 bits per heavy atom. The Morgan fingerprint density at radius 1 is 0.923 bits per heavy atom. The van der Waals surface area contributed by atoms with Gasteiger partial charge in [0.1, 0.15) is 11.5 Å². The SMILES string of the molecule is COc1ccc(Nc2nncc(Nc3cc(Cl)ccc3Cl)n2)c(OC)c1. The van der Waals surface area contributed by atoms with E-state index in [0.29, 0.717) is 38.7 Å². The first-order valence-electron chi connectivity index (χ1n) is 7.50. The van der Waals surface area contributed by atoms with Crippen LogP contribution in [0.2, 0.25) is 10.0 Å². The Balaban J connectivity index is 1.83. The fourth-order valence-corrected chi connectivity index (χ4v) is 2.51. The maximum atomic E-state index is 6.15. The molecule has 134 valence electrons. The van der Waals surface area contributed by atoms with E-state index in [9.17, 15) is 0 Å². The van der Waals surface area contributed by atoms with Crippen molar-refractivity contribution < 1.29 is 9.47 Å². The van der Waals surface area contributed by atoms with Gasteiger partial charge in [0.05, 0.1) is 36.8 Å². The van der Waals surface area contributed by atoms with Gasteiger partial charge >= 0.3 is 0 Å². The minimum atomic E-state index is 0.289. The zero-order valence-electron chi connectivity index (χ0n) is 14.0. The first-order chi connectivity index (χ1) is 12.6. The summed E-state index contributed by atoms with van der Waals surface area (Å²) < 4.78 is 10.5. The molecule has 3 aromatic rings. The van der Waals surface area contributed by atoms with Crippen LogP contribution < -0.4 is 20.1 Å². The Hall–Kier alpha value is -2.77. The lowest BCUT2D eigenvalue weighted by Crippen LogP contribution is -2.03. The molecule has 0 aliphatic rings. The third-order valence-electron chi connectivity index (χ3n) is 3.41. The molecule has 0 fully saturated rings. The molecule has 2 N–H and O–H groups in total. The van der Waals surface area contributed by atoms with E-state index in [2.05, 4.69) is 25.8 Å². The Kier molecular flexibility index (Phi) is 5.60. The predicted molar refractivity (Wildman–Crippen MR) is 102 cm³/mol. The van der Waals surface area contributed by atoms with Gasteiger partial charge in [0.25, 0.3) is 0 Å². The normalized spacial score (nSPS) is 10.3. The van der Waals surface area contributed by atoms with Gasteiger partial charge in [-0.05, 0) is 30.3 Å². The molecule has 26 heavy (non-hydrogen) atoms. The van der Waals surface area contributed by atoms with Crippen LogP contribution in [0, 0.1) is 0 Å². The van der Waals surface area contributed by atoms with Gasteiger partial charge in [0, 0.05) is 11.1 Å². The topological polar surface area (TPSA) is 81.2 Å². The van der Waals surface area contributed by atoms with Gasteiger partial charge in [0.2, 0.25) is 5.95 Å². The molecular weight excluding hydrogens is 377 g/mol. The van der Waals surface area contributed by atoms with Crippen molar-refractivity contribution in [3.63, 3.8) is 0 Å². The van der Waals surface area contributed by atoms with E-state index in [1.165, 1.54) is 6.20 Å². The molecule has 2 aromatic carbocycles. The monoisotopic (exact) mass is 391 g/mol. The minimum Gasteiger partial charge on any atom is -0.497 e. The summed E-state index contributed by atoms with van der Waals surface area (Å²) in [6.07, 6.45) is 1.48. The molecule has 3 rings (SSSR count). The number of nitrogens with one attached hydrogen (secondary N) is 2. The maximum Gasteiger partial charge on any atom is 0.249 e. The number of halogens is 2. The lowest BCUT2D eigenvalue weighted by Gasteiger charge is -2.12. The highest BCUT2D eigenvalue weighted by atomic mass is 35.5. The highest BCUT2D eigenvalue weighted by Gasteiger charge is 2.09. The van der Waals surface area contributed by atoms with Crippen LogP contribution in [0.3, 0.4) is 0 Å². The van der Waals surface area contributed by atoms with Crippen molar-refractivity contribution >= 4 is 46.3 Å². The van der Waals surface area contributed by atoms with Crippen molar-refractivity contribution in [1.29, 1.82) is 0 Å². The van der Waals surface area contributed by atoms with Gasteiger partial charge in [0.15, 0.2) is 5.82 Å². The molecule has 0 bridgehead atoms. The highest BCUT2D eigenvalue weighted by Crippen LogP contribution is 2.31. The van der Waals surface area contributed by atoms with E-state index in [-0.39, 0.29) is 5.95 Å². The second-order valence-electron chi connectivity index (χ2n) is 5.11. The number of nitrogens with zero attached hydrogens (tertiary/aromatic N) is 3. The first-order valence-corrected chi connectivity index (χ1v) is 8.25. The molecule has 0 saturated carbocycles. The van der Waals surface area contributed by atoms with Crippen molar-refractivity contribution in [3.8, 4) is 11.5 Å². The molecule has 0 amide bonds. The lowest BCUT2D eigenvalue weighted by atomic mass is 10.2. The fraction of sp³-hybridized carbons (Fsp3) is 0.118. The lowest BCUT2D eigenvalue weighted by molar-refractivity contribution is 0.395. The van der Waals surface area contributed by atoms with Gasteiger partial charge in [-0.3, -0.25) is 0 Å². The number of rotatable bonds is 6. The molecule has 0 aliphatic carbocycles. The van der Waals surface area contributed by atoms with Gasteiger partial charge in [-0.25, -0.2) is 0 Å². The number of benzene rings is 2. The molecule has 1 heterocycles. The second kappa shape index (κ2) is 8.07. The summed E-state index contributed by atoms with van der Waals surface area (Å²) in [6, 6.07) is 10.5. The molecule has 0 spiro atoms. The summed E-state index contributed by atoms with van der Waals surface area (Å²) in [5.74, 6) is 2.01. The summed E-state index contributed by atoms with van der Waals surface area (Å²) in [5, 5.41) is 15.1. The van der Waals surface area contributed by atoms with Crippen LogP contribution in [0.1, 0.15) is 0 Å². The van der Waals surface area contributed by atoms with E-state index in [1.807, 2.05) is 0 Å². The van der Waals surface area contributed by atoms with Crippen molar-refractivity contribution in [3.05, 3.63) is 52.6 Å². The van der Waals surface area contributed by atoms with Crippen LogP contribution in [0.5, 0.6) is 11.5 Å². The fourth-order valence-electron chi connectivity index (χ4n) is 2.17. The molecule has 0 saturated heterocycles. The molecule has 0 radical (unpaired) electrons. The molecule has 1 aromatic heterocycles. The second-order valence-corrected chi connectivity index (χ2v) is 5.95. The smallest absolute Gasteiger partial charge is 0.249 e. The number of anilines is 4. The number of methoxy groups -OCH3 is 2. The third kappa shape index (κ3) is 4.25. The average molecular weight is 392 g/mol. The molecule has 9 heteroatoms. The number of ether oxygens (including phenoxy) is 2. The van der Waals surface area contributed by atoms with Gasteiger partial charge < -0.3 is 20.1 Å². The van der Waals surface area contributed by atoms with Crippen molar-refractivity contribution in [2.45, 2.75) is 0 Å². The minimum absolute atomic E-state index is 0.289. The van der Waals surface area contributed by atoms with Crippen LogP contribution in [0.15, 0.2) is 42.6 Å². The van der Waals surface area contributed by atoms with E-state index >= 15 is 0 Å². The highest BCUT2D eigenvalue weighted by molar-refractivity contribution is 6.35. The van der Waals surface area contributed by atoms with Crippen LogP contribution in [-0.4, -0.2) is 29.4 Å². The van der Waals surface area contributed by atoms with Gasteiger partial charge in [-0.2, -0.15) is 10.1 Å². The summed E-state index contributed by atoms with van der Waals surface area (Å²) in [5.41, 5.74) is 1.29. The van der Waals surface area contributed by atoms with E-state index in [0.717, 1.165) is 0 Å². The van der Waals surface area contributed by atoms with Crippen LogP contribution in [0.4, 0.5) is 23.1 Å². The number of aromatic nitrogens is 3. The molecule has 0 atom stereocenters. The zero-order chi connectivity index (χ0) is 18.5. The molecular formula is C17H15Cl2N5O2. The predicted octanol–water partition coefficient (Wildman–Crippen LogP) is 4.68. The summed E-state index contributed by atoms with van der Waals surface area (Å²) >= 11 is 12.2. The molecule has 0 unspecified atom stereocenters. The quantitative estimate of drug-likeness (QED) is 0.630. The summed E-state index contributed by atoms with van der Waals surface area (Å²) in [7, 11) is 3.16. The van der Waals surface area contributed by atoms with Crippen LogP contribution in [0.25, 0.3) is 0 Å². The molecule has 0 aliphatic heterocycles. The summed E-state index contributed by atoms with van der Waals surface area (Å²) in [4.78, 5) is 4.37. The van der Waals surface area contributed by atoms with E-state index in [4.69, 9.17) is 32.7 Å². The van der Waals surface area contributed by atoms with Crippen molar-refractivity contribution in [2.24, 2.45) is 0 Å². The van der Waals surface area contributed by atoms with Crippen LogP contribution in [-0.2, 0) is 0 Å². The maximum absolute atomic E-state index is 6.15. The zero-order valence-corrected chi connectivity index (χ0v) is 15.5. The Bertz CT molecular complexity index is 923. The van der Waals surface area contributed by atoms with E-state index < -0.39 is 0 Å². The van der Waals surface area contributed by atoms with E-state index in [1.54, 1.807) is 50.6 Å². The van der Waals surface area contributed by atoms with Crippen LogP contribution >= 0.6 is 23.2 Å². The molecule has 7 nitrogen and oxygen atoms in total. The third-order valence-corrected chi connectivity index (χ3v) is 3.97. The Labute approximate surface area is 160 Å². The first kappa shape index (κ1) is 18.0. The Morgan fingerprint density at radius 3 is 2.54 bits per heavy atom. The standard InChI is InChI=1S/C17H15Cl2N5O2/c1-25-11-4-6-13(15(8-11)26-2)22-17-23-16(9-20-24-17)21-14-7-10(18)3-5-12(14)19/h3-9H,1-2H3,(H2,21,22,23,24). The number of hydrogen-bond acceptors (Lipinski definition) is 7. The van der Waals surface area contributed by atoms with Gasteiger partial charge in [-0.15, -0.1) is 5.10 Å². The van der Waals surface area contributed by atoms with Crippen molar-refractivity contribution in [2.75, 3.05) is 24.9 Å². The van der Waals surface area contributed by atoms with Gasteiger partial charge in [-0.1, -0.05) is 23.2 Å². The summed E-state index contributed by atoms with van der Waals surface area (Å²) in [6.45, 7) is 0.